The summed E-state index contributed by atoms with van der Waals surface area (Å²) in [5.74, 6) is 5.80. The summed E-state index contributed by atoms with van der Waals surface area (Å²) in [6.45, 7) is 6.00. The molecule has 0 aliphatic carbocycles. The van der Waals surface area contributed by atoms with Crippen LogP contribution in [0.2, 0.25) is 0 Å². The van der Waals surface area contributed by atoms with Crippen LogP contribution in [0, 0.1) is 6.92 Å². The van der Waals surface area contributed by atoms with Crippen LogP contribution in [0.25, 0.3) is 10.9 Å². The van der Waals surface area contributed by atoms with Gasteiger partial charge in [-0.1, -0.05) is 18.2 Å². The third kappa shape index (κ3) is 1.79. The average molecular weight is 230 g/mol. The van der Waals surface area contributed by atoms with Gasteiger partial charge in [0.05, 0.1) is 5.69 Å². The molecule has 17 heavy (non-hydrogen) atoms. The Labute approximate surface area is 101 Å². The van der Waals surface area contributed by atoms with E-state index < -0.39 is 0 Å². The zero-order chi connectivity index (χ0) is 11.8. The minimum absolute atomic E-state index is 0.930. The molecule has 0 amide bonds. The number of benzene rings is 1. The van der Waals surface area contributed by atoms with E-state index in [4.69, 9.17) is 5.84 Å². The number of nitrogens with two attached hydrogens (primary N) is 1. The molecule has 1 aliphatic heterocycles. The first-order valence-corrected chi connectivity index (χ1v) is 6.07. The van der Waals surface area contributed by atoms with Gasteiger partial charge >= 0.3 is 0 Å². The molecule has 4 heteroatoms. The van der Waals surface area contributed by atoms with Gasteiger partial charge in [0, 0.05) is 42.8 Å². The number of nitrogens with one attached hydrogen (secondary N) is 1. The predicted molar refractivity (Wildman–Crippen MR) is 71.0 cm³/mol. The molecule has 3 N–H and O–H groups in total. The molecule has 1 aromatic heterocycles. The Morgan fingerprint density at radius 2 is 1.82 bits per heavy atom. The molecular formula is C13H18N4. The van der Waals surface area contributed by atoms with Gasteiger partial charge in [0.2, 0.25) is 0 Å². The summed E-state index contributed by atoms with van der Waals surface area (Å²) >= 11 is 0. The number of aromatic amines is 1. The molecule has 4 nitrogen and oxygen atoms in total. The van der Waals surface area contributed by atoms with Crippen LogP contribution in [0.4, 0.5) is 5.69 Å². The van der Waals surface area contributed by atoms with E-state index in [0.29, 0.717) is 0 Å². The number of anilines is 1. The van der Waals surface area contributed by atoms with Crippen molar-refractivity contribution in [3.63, 3.8) is 0 Å². The smallest absolute Gasteiger partial charge is 0.0655 e. The van der Waals surface area contributed by atoms with E-state index in [1.54, 1.807) is 0 Å². The lowest BCUT2D eigenvalue weighted by Crippen LogP contribution is -2.49. The van der Waals surface area contributed by atoms with Gasteiger partial charge in [-0.15, -0.1) is 0 Å². The van der Waals surface area contributed by atoms with E-state index in [0.717, 1.165) is 26.2 Å². The van der Waals surface area contributed by atoms with Crippen LogP contribution in [-0.4, -0.2) is 36.2 Å². The molecule has 90 valence electrons. The molecule has 0 atom stereocenters. The maximum Gasteiger partial charge on any atom is 0.0655 e. The van der Waals surface area contributed by atoms with Gasteiger partial charge < -0.3 is 9.88 Å². The Morgan fingerprint density at radius 1 is 1.12 bits per heavy atom. The number of H-pyrrole nitrogens is 1. The van der Waals surface area contributed by atoms with Crippen LogP contribution in [0.1, 0.15) is 5.69 Å². The molecule has 1 aromatic carbocycles. The van der Waals surface area contributed by atoms with Crippen LogP contribution in [0.15, 0.2) is 24.3 Å². The van der Waals surface area contributed by atoms with Crippen molar-refractivity contribution in [2.45, 2.75) is 6.92 Å². The third-order valence-corrected chi connectivity index (χ3v) is 3.49. The molecular weight excluding hydrogens is 212 g/mol. The van der Waals surface area contributed by atoms with E-state index in [1.165, 1.54) is 22.3 Å². The minimum Gasteiger partial charge on any atom is -0.367 e. The molecule has 2 aromatic rings. The van der Waals surface area contributed by atoms with Gasteiger partial charge in [-0.3, -0.25) is 5.84 Å². The zero-order valence-electron chi connectivity index (χ0n) is 10.1. The number of fused-ring (bicyclic) bond motifs is 1. The van der Waals surface area contributed by atoms with E-state index in [9.17, 15) is 0 Å². The van der Waals surface area contributed by atoms with Crippen LogP contribution in [0.3, 0.4) is 0 Å². The molecule has 1 saturated heterocycles. The number of rotatable bonds is 1. The van der Waals surface area contributed by atoms with Gasteiger partial charge in [0.25, 0.3) is 0 Å². The fourth-order valence-electron chi connectivity index (χ4n) is 2.61. The van der Waals surface area contributed by atoms with Crippen molar-refractivity contribution >= 4 is 16.6 Å². The molecule has 2 heterocycles. The highest BCUT2D eigenvalue weighted by Crippen LogP contribution is 2.30. The van der Waals surface area contributed by atoms with Gasteiger partial charge in [-0.05, 0) is 13.0 Å². The summed E-state index contributed by atoms with van der Waals surface area (Å²) in [7, 11) is 0. The van der Waals surface area contributed by atoms with Crippen LogP contribution < -0.4 is 10.7 Å². The van der Waals surface area contributed by atoms with Crippen molar-refractivity contribution in [3.05, 3.63) is 30.0 Å². The second-order valence-electron chi connectivity index (χ2n) is 4.67. The topological polar surface area (TPSA) is 48.3 Å². The fourth-order valence-corrected chi connectivity index (χ4v) is 2.61. The number of piperazine rings is 1. The zero-order valence-corrected chi connectivity index (χ0v) is 10.1. The van der Waals surface area contributed by atoms with Gasteiger partial charge in [-0.25, -0.2) is 5.01 Å². The first-order valence-electron chi connectivity index (χ1n) is 6.07. The minimum atomic E-state index is 0.930. The summed E-state index contributed by atoms with van der Waals surface area (Å²) in [6.07, 6.45) is 0. The molecule has 0 bridgehead atoms. The lowest BCUT2D eigenvalue weighted by atomic mass is 10.2. The highest BCUT2D eigenvalue weighted by Gasteiger charge is 2.19. The Balaban J connectivity index is 2.02. The summed E-state index contributed by atoms with van der Waals surface area (Å²) in [5.41, 5.74) is 3.81. The van der Waals surface area contributed by atoms with Crippen molar-refractivity contribution in [2.24, 2.45) is 5.84 Å². The number of aryl methyl sites for hydroxylation is 1. The maximum atomic E-state index is 5.80. The summed E-state index contributed by atoms with van der Waals surface area (Å²) in [6, 6.07) is 8.48. The standard InChI is InChI=1S/C13H18N4/c1-10-13(16-6-8-17(14)9-7-16)11-4-2-3-5-12(11)15-10/h2-5,15H,6-9,14H2,1H3. The maximum absolute atomic E-state index is 5.80. The number of aromatic nitrogens is 1. The van der Waals surface area contributed by atoms with Crippen molar-refractivity contribution < 1.29 is 0 Å². The lowest BCUT2D eigenvalue weighted by Gasteiger charge is -2.33. The summed E-state index contributed by atoms with van der Waals surface area (Å²) in [4.78, 5) is 5.88. The Hall–Kier alpha value is -1.52. The predicted octanol–water partition coefficient (Wildman–Crippen LogP) is 1.47. The number of hydrazine groups is 1. The highest BCUT2D eigenvalue weighted by atomic mass is 15.4. The summed E-state index contributed by atoms with van der Waals surface area (Å²) in [5, 5.41) is 3.20. The first-order chi connectivity index (χ1) is 8.25. The largest absolute Gasteiger partial charge is 0.367 e. The van der Waals surface area contributed by atoms with E-state index in [2.05, 4.69) is 41.1 Å². The first kappa shape index (κ1) is 10.6. The Kier molecular flexibility index (Phi) is 2.53. The molecule has 3 rings (SSSR count). The van der Waals surface area contributed by atoms with Crippen LogP contribution >= 0.6 is 0 Å². The van der Waals surface area contributed by atoms with Gasteiger partial charge in [-0.2, -0.15) is 0 Å². The second-order valence-corrected chi connectivity index (χ2v) is 4.67. The fraction of sp³-hybridized carbons (Fsp3) is 0.385. The molecule has 0 spiro atoms. The molecule has 0 radical (unpaired) electrons. The van der Waals surface area contributed by atoms with E-state index in [1.807, 2.05) is 5.01 Å². The van der Waals surface area contributed by atoms with Crippen molar-refractivity contribution in [3.8, 4) is 0 Å². The van der Waals surface area contributed by atoms with Crippen molar-refractivity contribution in [2.75, 3.05) is 31.1 Å². The number of nitrogens with zero attached hydrogens (tertiary/aromatic N) is 2. The Bertz CT molecular complexity index is 523. The van der Waals surface area contributed by atoms with Gasteiger partial charge in [0.15, 0.2) is 0 Å². The monoisotopic (exact) mass is 230 g/mol. The highest BCUT2D eigenvalue weighted by molar-refractivity contribution is 5.94. The van der Waals surface area contributed by atoms with E-state index in [-0.39, 0.29) is 0 Å². The van der Waals surface area contributed by atoms with E-state index >= 15 is 0 Å². The number of hydrogen-bond donors (Lipinski definition) is 2. The quantitative estimate of drug-likeness (QED) is 0.729. The Morgan fingerprint density at radius 3 is 2.59 bits per heavy atom. The van der Waals surface area contributed by atoms with Crippen LogP contribution in [-0.2, 0) is 0 Å². The number of hydrogen-bond acceptors (Lipinski definition) is 3. The van der Waals surface area contributed by atoms with Crippen LogP contribution in [0.5, 0.6) is 0 Å². The SMILES string of the molecule is Cc1[nH]c2ccccc2c1N1CCN(N)CC1. The molecule has 1 aliphatic rings. The van der Waals surface area contributed by atoms with Gasteiger partial charge in [0.1, 0.15) is 0 Å². The second kappa shape index (κ2) is 4.05. The third-order valence-electron chi connectivity index (χ3n) is 3.49. The summed E-state index contributed by atoms with van der Waals surface area (Å²) < 4.78 is 0. The van der Waals surface area contributed by atoms with Crippen molar-refractivity contribution in [1.29, 1.82) is 0 Å². The lowest BCUT2D eigenvalue weighted by molar-refractivity contribution is 0.266. The average Bonchev–Trinajstić information content (AvgIpc) is 2.66. The molecule has 1 fully saturated rings. The normalized spacial score (nSPS) is 17.9. The number of para-hydroxylation sites is 1. The molecule has 0 saturated carbocycles. The molecule has 0 unspecified atom stereocenters. The van der Waals surface area contributed by atoms with Crippen molar-refractivity contribution in [1.82, 2.24) is 9.99 Å².